The SMILES string of the molecule is CCNC(Cc1c(Cl)c(C)nn1C)C1CC2CC2C1. The maximum atomic E-state index is 6.39. The first-order valence-electron chi connectivity index (χ1n) is 7.51. The van der Waals surface area contributed by atoms with Crippen LogP contribution in [0.2, 0.25) is 5.02 Å². The van der Waals surface area contributed by atoms with E-state index in [1.54, 1.807) is 0 Å². The monoisotopic (exact) mass is 281 g/mol. The summed E-state index contributed by atoms with van der Waals surface area (Å²) in [5, 5.41) is 8.96. The molecule has 3 nitrogen and oxygen atoms in total. The van der Waals surface area contributed by atoms with Crippen LogP contribution in [0, 0.1) is 24.7 Å². The van der Waals surface area contributed by atoms with Crippen molar-refractivity contribution < 1.29 is 0 Å². The molecule has 0 spiro atoms. The highest BCUT2D eigenvalue weighted by Gasteiger charge is 2.47. The quantitative estimate of drug-likeness (QED) is 0.899. The summed E-state index contributed by atoms with van der Waals surface area (Å²) in [5.41, 5.74) is 2.13. The lowest BCUT2D eigenvalue weighted by molar-refractivity contribution is 0.332. The minimum Gasteiger partial charge on any atom is -0.314 e. The molecule has 3 rings (SSSR count). The Kier molecular flexibility index (Phi) is 3.61. The van der Waals surface area contributed by atoms with Crippen LogP contribution in [0.15, 0.2) is 0 Å². The van der Waals surface area contributed by atoms with Crippen LogP contribution in [-0.4, -0.2) is 22.4 Å². The van der Waals surface area contributed by atoms with Crippen LogP contribution in [0.1, 0.15) is 37.6 Å². The van der Waals surface area contributed by atoms with E-state index in [0.29, 0.717) is 6.04 Å². The van der Waals surface area contributed by atoms with E-state index in [2.05, 4.69) is 17.3 Å². The number of fused-ring (bicyclic) bond motifs is 1. The zero-order valence-corrected chi connectivity index (χ0v) is 12.9. The van der Waals surface area contributed by atoms with Gasteiger partial charge in [0.05, 0.1) is 16.4 Å². The molecule has 2 aliphatic carbocycles. The molecule has 0 radical (unpaired) electrons. The molecule has 0 saturated heterocycles. The first-order valence-corrected chi connectivity index (χ1v) is 7.89. The summed E-state index contributed by atoms with van der Waals surface area (Å²) in [6.07, 6.45) is 5.32. The molecule has 106 valence electrons. The maximum Gasteiger partial charge on any atom is 0.0847 e. The van der Waals surface area contributed by atoms with Crippen molar-refractivity contribution in [2.75, 3.05) is 6.54 Å². The van der Waals surface area contributed by atoms with Crippen molar-refractivity contribution in [3.05, 3.63) is 16.4 Å². The van der Waals surface area contributed by atoms with Crippen molar-refractivity contribution in [2.24, 2.45) is 24.8 Å². The zero-order valence-electron chi connectivity index (χ0n) is 12.1. The number of likely N-dealkylation sites (N-methyl/N-ethyl adjacent to an activating group) is 1. The number of rotatable bonds is 5. The van der Waals surface area contributed by atoms with E-state index in [-0.39, 0.29) is 0 Å². The second kappa shape index (κ2) is 5.10. The Morgan fingerprint density at radius 3 is 2.58 bits per heavy atom. The summed E-state index contributed by atoms with van der Waals surface area (Å²) in [5.74, 6) is 2.90. The predicted octanol–water partition coefficient (Wildman–Crippen LogP) is 2.95. The summed E-state index contributed by atoms with van der Waals surface area (Å²) in [6, 6.07) is 0.560. The smallest absolute Gasteiger partial charge is 0.0847 e. The number of nitrogens with one attached hydrogen (secondary N) is 1. The molecule has 19 heavy (non-hydrogen) atoms. The third-order valence-electron chi connectivity index (χ3n) is 4.99. The summed E-state index contributed by atoms with van der Waals surface area (Å²) < 4.78 is 1.96. The number of aryl methyl sites for hydroxylation is 2. The molecule has 0 aromatic carbocycles. The number of aromatic nitrogens is 2. The van der Waals surface area contributed by atoms with Crippen molar-refractivity contribution in [1.29, 1.82) is 0 Å². The average molecular weight is 282 g/mol. The summed E-state index contributed by atoms with van der Waals surface area (Å²) in [4.78, 5) is 0. The Balaban J connectivity index is 1.73. The molecule has 3 atom stereocenters. The first-order chi connectivity index (χ1) is 9.10. The van der Waals surface area contributed by atoms with Gasteiger partial charge in [-0.25, -0.2) is 0 Å². The van der Waals surface area contributed by atoms with Gasteiger partial charge in [-0.3, -0.25) is 4.68 Å². The Labute approximate surface area is 120 Å². The minimum atomic E-state index is 0.560. The molecule has 1 aromatic heterocycles. The molecule has 2 fully saturated rings. The van der Waals surface area contributed by atoms with Crippen LogP contribution in [0.4, 0.5) is 0 Å². The molecule has 1 heterocycles. The fourth-order valence-electron chi connectivity index (χ4n) is 3.87. The lowest BCUT2D eigenvalue weighted by Crippen LogP contribution is -2.38. The number of hydrogen-bond acceptors (Lipinski definition) is 2. The van der Waals surface area contributed by atoms with Gasteiger partial charge < -0.3 is 5.32 Å². The third-order valence-corrected chi connectivity index (χ3v) is 5.48. The van der Waals surface area contributed by atoms with Crippen LogP contribution in [0.3, 0.4) is 0 Å². The molecule has 4 heteroatoms. The van der Waals surface area contributed by atoms with E-state index in [1.807, 2.05) is 18.7 Å². The van der Waals surface area contributed by atoms with Gasteiger partial charge in [-0.05, 0) is 50.5 Å². The molecule has 0 aliphatic heterocycles. The van der Waals surface area contributed by atoms with Crippen LogP contribution in [-0.2, 0) is 13.5 Å². The van der Waals surface area contributed by atoms with Gasteiger partial charge in [-0.15, -0.1) is 0 Å². The molecule has 0 bridgehead atoms. The fourth-order valence-corrected chi connectivity index (χ4v) is 4.11. The fraction of sp³-hybridized carbons (Fsp3) is 0.800. The van der Waals surface area contributed by atoms with Gasteiger partial charge in [0.1, 0.15) is 0 Å². The summed E-state index contributed by atoms with van der Waals surface area (Å²) in [6.45, 7) is 5.21. The van der Waals surface area contributed by atoms with Gasteiger partial charge in [0.15, 0.2) is 0 Å². The molecule has 1 aromatic rings. The van der Waals surface area contributed by atoms with Gasteiger partial charge in [0.25, 0.3) is 0 Å². The number of hydrogen-bond donors (Lipinski definition) is 1. The number of nitrogens with zero attached hydrogens (tertiary/aromatic N) is 2. The van der Waals surface area contributed by atoms with Crippen molar-refractivity contribution in [2.45, 2.75) is 45.6 Å². The summed E-state index contributed by atoms with van der Waals surface area (Å²) in [7, 11) is 2.00. The topological polar surface area (TPSA) is 29.9 Å². The van der Waals surface area contributed by atoms with E-state index in [4.69, 9.17) is 11.6 Å². The van der Waals surface area contributed by atoms with Gasteiger partial charge >= 0.3 is 0 Å². The van der Waals surface area contributed by atoms with E-state index in [1.165, 1.54) is 25.0 Å². The molecule has 2 saturated carbocycles. The van der Waals surface area contributed by atoms with Crippen molar-refractivity contribution >= 4 is 11.6 Å². The average Bonchev–Trinajstić information content (AvgIpc) is 2.91. The molecule has 1 N–H and O–H groups in total. The normalized spacial score (nSPS) is 30.4. The van der Waals surface area contributed by atoms with Gasteiger partial charge in [-0.2, -0.15) is 5.10 Å². The maximum absolute atomic E-state index is 6.39. The molecule has 2 aliphatic rings. The molecular formula is C15H24ClN3. The van der Waals surface area contributed by atoms with Crippen LogP contribution in [0.5, 0.6) is 0 Å². The Morgan fingerprint density at radius 2 is 2.05 bits per heavy atom. The Bertz CT molecular complexity index is 458. The Hall–Kier alpha value is -0.540. The van der Waals surface area contributed by atoms with E-state index in [9.17, 15) is 0 Å². The third kappa shape index (κ3) is 2.55. The lowest BCUT2D eigenvalue weighted by atomic mass is 9.91. The van der Waals surface area contributed by atoms with Gasteiger partial charge in [-0.1, -0.05) is 18.5 Å². The molecular weight excluding hydrogens is 258 g/mol. The van der Waals surface area contributed by atoms with E-state index >= 15 is 0 Å². The van der Waals surface area contributed by atoms with E-state index < -0.39 is 0 Å². The van der Waals surface area contributed by atoms with Crippen LogP contribution in [0.25, 0.3) is 0 Å². The van der Waals surface area contributed by atoms with Gasteiger partial charge in [0.2, 0.25) is 0 Å². The minimum absolute atomic E-state index is 0.560. The largest absolute Gasteiger partial charge is 0.314 e. The van der Waals surface area contributed by atoms with E-state index in [0.717, 1.165) is 41.4 Å². The standard InChI is InChI=1S/C15H24ClN3/c1-4-17-13(12-6-10-5-11(10)7-12)8-14-15(16)9(2)18-19(14)3/h10-13,17H,4-8H2,1-3H3. The van der Waals surface area contributed by atoms with Crippen LogP contribution < -0.4 is 5.32 Å². The highest BCUT2D eigenvalue weighted by Crippen LogP contribution is 2.55. The second-order valence-corrected chi connectivity index (χ2v) is 6.70. The molecule has 3 unspecified atom stereocenters. The van der Waals surface area contributed by atoms with Crippen LogP contribution >= 0.6 is 11.6 Å². The summed E-state index contributed by atoms with van der Waals surface area (Å²) >= 11 is 6.39. The van der Waals surface area contributed by atoms with Crippen molar-refractivity contribution in [1.82, 2.24) is 15.1 Å². The predicted molar refractivity (Wildman–Crippen MR) is 78.4 cm³/mol. The van der Waals surface area contributed by atoms with Crippen molar-refractivity contribution in [3.63, 3.8) is 0 Å². The van der Waals surface area contributed by atoms with Crippen molar-refractivity contribution in [3.8, 4) is 0 Å². The second-order valence-electron chi connectivity index (χ2n) is 6.33. The number of halogens is 1. The first kappa shape index (κ1) is 13.4. The molecule has 0 amide bonds. The van der Waals surface area contributed by atoms with Gasteiger partial charge in [0, 0.05) is 19.5 Å². The highest BCUT2D eigenvalue weighted by molar-refractivity contribution is 6.31. The zero-order chi connectivity index (χ0) is 13.6. The lowest BCUT2D eigenvalue weighted by Gasteiger charge is -2.26. The highest BCUT2D eigenvalue weighted by atomic mass is 35.5. The Morgan fingerprint density at radius 1 is 1.37 bits per heavy atom.